The van der Waals surface area contributed by atoms with Crippen molar-refractivity contribution in [1.29, 1.82) is 0 Å². The molecule has 1 heterocycles. The van der Waals surface area contributed by atoms with E-state index >= 15 is 0 Å². The minimum Gasteiger partial charge on any atom is -0.493 e. The molecule has 0 spiro atoms. The van der Waals surface area contributed by atoms with Gasteiger partial charge in [-0.15, -0.1) is 0 Å². The van der Waals surface area contributed by atoms with Gasteiger partial charge in [-0.05, 0) is 42.0 Å². The van der Waals surface area contributed by atoms with Crippen LogP contribution in [0.3, 0.4) is 0 Å². The zero-order valence-corrected chi connectivity index (χ0v) is 19.7. The van der Waals surface area contributed by atoms with Crippen LogP contribution in [-0.2, 0) is 16.2 Å². The number of anilines is 1. The normalized spacial score (nSPS) is 14.8. The molecule has 0 bridgehead atoms. The highest BCUT2D eigenvalue weighted by Crippen LogP contribution is 2.38. The molecule has 10 heteroatoms. The van der Waals surface area contributed by atoms with E-state index in [9.17, 15) is 18.8 Å². The summed E-state index contributed by atoms with van der Waals surface area (Å²) < 4.78 is 25.0. The molecular formula is C25H17Cl2FN2O5. The van der Waals surface area contributed by atoms with Crippen molar-refractivity contribution in [1.82, 2.24) is 5.32 Å². The van der Waals surface area contributed by atoms with E-state index in [0.29, 0.717) is 11.1 Å². The van der Waals surface area contributed by atoms with E-state index in [0.717, 1.165) is 4.90 Å². The molecule has 1 saturated heterocycles. The highest BCUT2D eigenvalue weighted by Gasteiger charge is 2.37. The molecule has 0 atom stereocenters. The zero-order valence-electron chi connectivity index (χ0n) is 18.2. The fraction of sp³-hybridized carbons (Fsp3) is 0.0800. The first-order chi connectivity index (χ1) is 16.8. The Kier molecular flexibility index (Phi) is 7.04. The molecule has 0 radical (unpaired) electrons. The minimum atomic E-state index is -0.919. The van der Waals surface area contributed by atoms with E-state index in [2.05, 4.69) is 5.32 Å². The molecule has 0 aromatic heterocycles. The highest BCUT2D eigenvalue weighted by molar-refractivity contribution is 6.42. The number of carbonyl (C=O) groups is 3. The van der Waals surface area contributed by atoms with Crippen molar-refractivity contribution in [2.75, 3.05) is 12.0 Å². The lowest BCUT2D eigenvalue weighted by Gasteiger charge is -2.27. The number of barbiturate groups is 1. The molecule has 3 aromatic carbocycles. The van der Waals surface area contributed by atoms with E-state index in [4.69, 9.17) is 32.7 Å². The van der Waals surface area contributed by atoms with Gasteiger partial charge in [0.2, 0.25) is 0 Å². The summed E-state index contributed by atoms with van der Waals surface area (Å²) in [5, 5.41) is 2.39. The Morgan fingerprint density at radius 1 is 1.00 bits per heavy atom. The van der Waals surface area contributed by atoms with E-state index in [1.54, 1.807) is 30.3 Å². The Hall–Kier alpha value is -3.88. The van der Waals surface area contributed by atoms with Crippen molar-refractivity contribution in [3.8, 4) is 11.5 Å². The number of nitrogens with one attached hydrogen (secondary N) is 1. The summed E-state index contributed by atoms with van der Waals surface area (Å²) in [6.45, 7) is -0.0982. The molecule has 1 aliphatic heterocycles. The van der Waals surface area contributed by atoms with Gasteiger partial charge in [-0.1, -0.05) is 53.5 Å². The predicted molar refractivity (Wildman–Crippen MR) is 129 cm³/mol. The van der Waals surface area contributed by atoms with Crippen molar-refractivity contribution in [2.45, 2.75) is 6.61 Å². The first-order valence-electron chi connectivity index (χ1n) is 10.2. The van der Waals surface area contributed by atoms with Crippen molar-refractivity contribution in [2.24, 2.45) is 0 Å². The molecule has 3 aromatic rings. The SMILES string of the molecule is COc1cc(/C=C2\C(=O)NC(=O)N(c3ccccc3Cl)C2=O)cc(Cl)c1OCc1ccccc1F. The molecule has 35 heavy (non-hydrogen) atoms. The number of hydrogen-bond donors (Lipinski definition) is 1. The van der Waals surface area contributed by atoms with Crippen LogP contribution in [0.15, 0.2) is 66.2 Å². The van der Waals surface area contributed by atoms with E-state index in [1.165, 1.54) is 43.5 Å². The molecule has 4 rings (SSSR count). The Labute approximate surface area is 209 Å². The smallest absolute Gasteiger partial charge is 0.335 e. The molecule has 178 valence electrons. The van der Waals surface area contributed by atoms with Crippen molar-refractivity contribution < 1.29 is 28.2 Å². The molecule has 0 unspecified atom stereocenters. The number of halogens is 3. The lowest BCUT2D eigenvalue weighted by Crippen LogP contribution is -2.54. The van der Waals surface area contributed by atoms with Gasteiger partial charge in [0.05, 0.1) is 22.8 Å². The molecule has 0 saturated carbocycles. The van der Waals surface area contributed by atoms with Crippen LogP contribution in [0.5, 0.6) is 11.5 Å². The number of urea groups is 1. The van der Waals surface area contributed by atoms with Crippen LogP contribution in [0, 0.1) is 5.82 Å². The summed E-state index contributed by atoms with van der Waals surface area (Å²) >= 11 is 12.5. The molecule has 1 N–H and O–H groups in total. The largest absolute Gasteiger partial charge is 0.493 e. The summed E-state index contributed by atoms with van der Waals surface area (Å²) in [6, 6.07) is 14.4. The number of hydrogen-bond acceptors (Lipinski definition) is 5. The molecule has 1 fully saturated rings. The number of benzene rings is 3. The second-order valence-corrected chi connectivity index (χ2v) is 8.14. The van der Waals surface area contributed by atoms with Crippen LogP contribution < -0.4 is 19.7 Å². The van der Waals surface area contributed by atoms with Gasteiger partial charge in [0.15, 0.2) is 11.5 Å². The Morgan fingerprint density at radius 2 is 1.71 bits per heavy atom. The summed E-state index contributed by atoms with van der Waals surface area (Å²) in [6.07, 6.45) is 1.27. The average molecular weight is 515 g/mol. The predicted octanol–water partition coefficient (Wildman–Crippen LogP) is 5.39. The standard InChI is InChI=1S/C25H17Cl2FN2O5/c1-34-21-12-14(11-18(27)22(21)35-13-15-6-2-4-8-19(15)28)10-16-23(31)29-25(33)30(24(16)32)20-9-5-3-7-17(20)26/h2-12H,13H2,1H3,(H,29,31,33)/b16-10+. The minimum absolute atomic E-state index is 0.0982. The van der Waals surface area contributed by atoms with E-state index < -0.39 is 23.7 Å². The number of nitrogens with zero attached hydrogens (tertiary/aromatic N) is 1. The third kappa shape index (κ3) is 4.99. The van der Waals surface area contributed by atoms with Gasteiger partial charge in [-0.2, -0.15) is 0 Å². The molecule has 4 amide bonds. The molecule has 1 aliphatic rings. The zero-order chi connectivity index (χ0) is 25.1. The molecule has 7 nitrogen and oxygen atoms in total. The summed E-state index contributed by atoms with van der Waals surface area (Å²) in [7, 11) is 1.38. The van der Waals surface area contributed by atoms with Gasteiger partial charge in [-0.25, -0.2) is 14.1 Å². The average Bonchev–Trinajstić information content (AvgIpc) is 2.83. The lowest BCUT2D eigenvalue weighted by atomic mass is 10.1. The third-order valence-corrected chi connectivity index (χ3v) is 5.69. The third-order valence-electron chi connectivity index (χ3n) is 5.09. The maximum atomic E-state index is 13.9. The van der Waals surface area contributed by atoms with Crippen molar-refractivity contribution in [3.05, 3.63) is 93.2 Å². The summed E-state index contributed by atoms with van der Waals surface area (Å²) in [4.78, 5) is 38.7. The number of imide groups is 2. The molecule has 0 aliphatic carbocycles. The number of rotatable bonds is 6. The lowest BCUT2D eigenvalue weighted by molar-refractivity contribution is -0.122. The van der Waals surface area contributed by atoms with Crippen molar-refractivity contribution >= 4 is 52.8 Å². The Morgan fingerprint density at radius 3 is 2.43 bits per heavy atom. The van der Waals surface area contributed by atoms with Gasteiger partial charge >= 0.3 is 6.03 Å². The summed E-state index contributed by atoms with van der Waals surface area (Å²) in [5.41, 5.74) is 0.466. The topological polar surface area (TPSA) is 84.9 Å². The maximum absolute atomic E-state index is 13.9. The number of amides is 4. The fourth-order valence-electron chi connectivity index (χ4n) is 3.40. The second kappa shape index (κ2) is 10.2. The van der Waals surface area contributed by atoms with Gasteiger partial charge < -0.3 is 9.47 Å². The monoisotopic (exact) mass is 514 g/mol. The van der Waals surface area contributed by atoms with Crippen LogP contribution in [0.2, 0.25) is 10.0 Å². The number of carbonyl (C=O) groups excluding carboxylic acids is 3. The highest BCUT2D eigenvalue weighted by atomic mass is 35.5. The van der Waals surface area contributed by atoms with Gasteiger partial charge in [-0.3, -0.25) is 14.9 Å². The van der Waals surface area contributed by atoms with Gasteiger partial charge in [0, 0.05) is 5.56 Å². The summed E-state index contributed by atoms with van der Waals surface area (Å²) in [5.74, 6) is -1.81. The van der Waals surface area contributed by atoms with E-state index in [-0.39, 0.29) is 39.4 Å². The van der Waals surface area contributed by atoms with Crippen LogP contribution in [0.4, 0.5) is 14.9 Å². The van der Waals surface area contributed by atoms with Crippen molar-refractivity contribution in [3.63, 3.8) is 0 Å². The Bertz CT molecular complexity index is 1380. The number of para-hydroxylation sites is 1. The second-order valence-electron chi connectivity index (χ2n) is 7.32. The van der Waals surface area contributed by atoms with Gasteiger partial charge in [0.25, 0.3) is 11.8 Å². The van der Waals surface area contributed by atoms with Crippen LogP contribution in [-0.4, -0.2) is 25.0 Å². The van der Waals surface area contributed by atoms with Crippen LogP contribution >= 0.6 is 23.2 Å². The van der Waals surface area contributed by atoms with E-state index in [1.807, 2.05) is 0 Å². The first-order valence-corrected chi connectivity index (χ1v) is 11.0. The first kappa shape index (κ1) is 24.3. The number of methoxy groups -OCH3 is 1. The number of ether oxygens (including phenoxy) is 2. The maximum Gasteiger partial charge on any atom is 0.335 e. The van der Waals surface area contributed by atoms with Gasteiger partial charge in [0.1, 0.15) is 18.0 Å². The fourth-order valence-corrected chi connectivity index (χ4v) is 3.90. The quantitative estimate of drug-likeness (QED) is 0.352. The van der Waals surface area contributed by atoms with Crippen LogP contribution in [0.25, 0.3) is 6.08 Å². The van der Waals surface area contributed by atoms with Crippen LogP contribution in [0.1, 0.15) is 11.1 Å². The molecular weight excluding hydrogens is 498 g/mol. The Balaban J connectivity index is 1.66.